The molecule has 0 rings (SSSR count). The van der Waals surface area contributed by atoms with Crippen molar-refractivity contribution in [2.45, 2.75) is 58.6 Å². The fraction of sp³-hybridized carbons (Fsp3) is 0.833. The molecule has 0 aliphatic carbocycles. The minimum atomic E-state index is -1.09. The van der Waals surface area contributed by atoms with Crippen LogP contribution >= 0.6 is 11.6 Å². The van der Waals surface area contributed by atoms with Crippen molar-refractivity contribution in [2.75, 3.05) is 6.07 Å². The number of carbonyl (C=O) groups excluding carboxylic acids is 2. The van der Waals surface area contributed by atoms with Crippen molar-refractivity contribution >= 4 is 23.7 Å². The zero-order valence-corrected chi connectivity index (χ0v) is 12.4. The molecule has 1 amide bonds. The van der Waals surface area contributed by atoms with Gasteiger partial charge in [-0.3, -0.25) is 0 Å². The summed E-state index contributed by atoms with van der Waals surface area (Å²) >= 11 is 5.37. The third-order valence-corrected chi connectivity index (χ3v) is 2.63. The third-order valence-electron chi connectivity index (χ3n) is 2.52. The maximum Gasteiger partial charge on any atom is 0.408 e. The standard InChI is InChI=1S/C12H22ClNO4/c1-6-12(7-2,9(15)17-8-13)14-10(16)18-11(3,4)5/h6-8H2,1-5H3,(H,14,16). The number of halogens is 1. The van der Waals surface area contributed by atoms with E-state index in [0.717, 1.165) is 0 Å². The molecular formula is C12H22ClNO4. The monoisotopic (exact) mass is 279 g/mol. The van der Waals surface area contributed by atoms with Crippen LogP contribution in [-0.2, 0) is 14.3 Å². The molecule has 0 heterocycles. The first-order chi connectivity index (χ1) is 8.20. The van der Waals surface area contributed by atoms with Gasteiger partial charge in [-0.1, -0.05) is 25.4 Å². The highest BCUT2D eigenvalue weighted by Crippen LogP contribution is 2.19. The molecule has 0 radical (unpaired) electrons. The van der Waals surface area contributed by atoms with Gasteiger partial charge in [-0.15, -0.1) is 0 Å². The van der Waals surface area contributed by atoms with E-state index < -0.39 is 23.2 Å². The lowest BCUT2D eigenvalue weighted by atomic mass is 9.93. The lowest BCUT2D eigenvalue weighted by Gasteiger charge is -2.31. The molecule has 5 nitrogen and oxygen atoms in total. The number of alkyl carbamates (subject to hydrolysis) is 1. The van der Waals surface area contributed by atoms with Gasteiger partial charge in [-0.25, -0.2) is 9.59 Å². The molecule has 0 aliphatic rings. The molecule has 18 heavy (non-hydrogen) atoms. The van der Waals surface area contributed by atoms with Gasteiger partial charge < -0.3 is 14.8 Å². The van der Waals surface area contributed by atoms with E-state index >= 15 is 0 Å². The van der Waals surface area contributed by atoms with Crippen LogP contribution in [0.3, 0.4) is 0 Å². The predicted molar refractivity (Wildman–Crippen MR) is 69.5 cm³/mol. The maximum atomic E-state index is 11.9. The van der Waals surface area contributed by atoms with Crippen molar-refractivity contribution in [3.8, 4) is 0 Å². The summed E-state index contributed by atoms with van der Waals surface area (Å²) in [4.78, 5) is 23.6. The molecule has 0 saturated heterocycles. The second kappa shape index (κ2) is 6.83. The van der Waals surface area contributed by atoms with Crippen molar-refractivity contribution in [3.63, 3.8) is 0 Å². The van der Waals surface area contributed by atoms with Crippen molar-refractivity contribution in [3.05, 3.63) is 0 Å². The van der Waals surface area contributed by atoms with Gasteiger partial charge in [-0.05, 0) is 33.6 Å². The fourth-order valence-corrected chi connectivity index (χ4v) is 1.55. The number of ether oxygens (including phenoxy) is 2. The second-order valence-corrected chi connectivity index (χ2v) is 5.18. The summed E-state index contributed by atoms with van der Waals surface area (Å²) in [6.07, 6.45) is 0.162. The lowest BCUT2D eigenvalue weighted by molar-refractivity contribution is -0.150. The highest BCUT2D eigenvalue weighted by molar-refractivity contribution is 6.17. The minimum absolute atomic E-state index is 0.240. The molecule has 0 aromatic carbocycles. The number of alkyl halides is 1. The fourth-order valence-electron chi connectivity index (χ4n) is 1.45. The zero-order chi connectivity index (χ0) is 14.4. The number of carbonyl (C=O) groups is 2. The summed E-state index contributed by atoms with van der Waals surface area (Å²) in [5, 5.41) is 2.58. The van der Waals surface area contributed by atoms with Crippen molar-refractivity contribution in [1.29, 1.82) is 0 Å². The van der Waals surface area contributed by atoms with Crippen LogP contribution in [0, 0.1) is 0 Å². The minimum Gasteiger partial charge on any atom is -0.448 e. The molecule has 0 fully saturated rings. The van der Waals surface area contributed by atoms with E-state index in [0.29, 0.717) is 12.8 Å². The van der Waals surface area contributed by atoms with Gasteiger partial charge in [0, 0.05) is 0 Å². The molecule has 106 valence electrons. The van der Waals surface area contributed by atoms with E-state index in [1.807, 2.05) is 0 Å². The Bertz CT molecular complexity index is 295. The smallest absolute Gasteiger partial charge is 0.408 e. The van der Waals surface area contributed by atoms with Gasteiger partial charge in [0.25, 0.3) is 0 Å². The molecule has 0 atom stereocenters. The Morgan fingerprint density at radius 1 is 1.17 bits per heavy atom. The molecule has 0 spiro atoms. The average molecular weight is 280 g/mol. The van der Waals surface area contributed by atoms with Crippen LogP contribution < -0.4 is 5.32 Å². The Hall–Kier alpha value is -0.970. The van der Waals surface area contributed by atoms with Crippen LogP contribution in [0.5, 0.6) is 0 Å². The van der Waals surface area contributed by atoms with Crippen LogP contribution in [-0.4, -0.2) is 29.3 Å². The molecule has 1 N–H and O–H groups in total. The molecule has 6 heteroatoms. The van der Waals surface area contributed by atoms with E-state index in [-0.39, 0.29) is 6.07 Å². The summed E-state index contributed by atoms with van der Waals surface area (Å²) in [5.41, 5.74) is -1.70. The van der Waals surface area contributed by atoms with Crippen LogP contribution in [0.1, 0.15) is 47.5 Å². The number of nitrogens with one attached hydrogen (secondary N) is 1. The van der Waals surface area contributed by atoms with Gasteiger partial charge in [0.1, 0.15) is 11.1 Å². The van der Waals surface area contributed by atoms with Gasteiger partial charge in [0.05, 0.1) is 0 Å². The largest absolute Gasteiger partial charge is 0.448 e. The first kappa shape index (κ1) is 17.0. The predicted octanol–water partition coefficient (Wildman–Crippen LogP) is 2.81. The lowest BCUT2D eigenvalue weighted by Crippen LogP contribution is -2.55. The average Bonchev–Trinajstić information content (AvgIpc) is 2.23. The van der Waals surface area contributed by atoms with Crippen LogP contribution in [0.15, 0.2) is 0 Å². The quantitative estimate of drug-likeness (QED) is 0.621. The molecule has 0 bridgehead atoms. The summed E-state index contributed by atoms with van der Waals surface area (Å²) in [6, 6.07) is -0.240. The molecule has 0 aromatic heterocycles. The second-order valence-electron chi connectivity index (χ2n) is 4.96. The topological polar surface area (TPSA) is 64.6 Å². The van der Waals surface area contributed by atoms with Crippen molar-refractivity contribution in [1.82, 2.24) is 5.32 Å². The van der Waals surface area contributed by atoms with Crippen LogP contribution in [0.25, 0.3) is 0 Å². The highest BCUT2D eigenvalue weighted by atomic mass is 35.5. The SMILES string of the molecule is CCC(CC)(NC(=O)OC(C)(C)C)C(=O)OCCl. The Morgan fingerprint density at radius 2 is 1.67 bits per heavy atom. The normalized spacial score (nSPS) is 11.9. The highest BCUT2D eigenvalue weighted by Gasteiger charge is 2.39. The number of esters is 1. The Balaban J connectivity index is 4.81. The Morgan fingerprint density at radius 3 is 2.00 bits per heavy atom. The van der Waals surface area contributed by atoms with Crippen LogP contribution in [0.4, 0.5) is 4.79 Å². The van der Waals surface area contributed by atoms with E-state index in [2.05, 4.69) is 5.32 Å². The third kappa shape index (κ3) is 5.12. The van der Waals surface area contributed by atoms with E-state index in [1.54, 1.807) is 34.6 Å². The number of rotatable bonds is 5. The summed E-state index contributed by atoms with van der Waals surface area (Å²) in [7, 11) is 0. The van der Waals surface area contributed by atoms with Gasteiger partial charge in [-0.2, -0.15) is 0 Å². The number of hydrogen-bond donors (Lipinski definition) is 1. The first-order valence-electron chi connectivity index (χ1n) is 5.95. The molecule has 0 aromatic rings. The molecule has 0 aliphatic heterocycles. The Labute approximate surface area is 113 Å². The molecular weight excluding hydrogens is 258 g/mol. The van der Waals surface area contributed by atoms with Crippen molar-refractivity contribution in [2.24, 2.45) is 0 Å². The van der Waals surface area contributed by atoms with Gasteiger partial charge >= 0.3 is 12.1 Å². The van der Waals surface area contributed by atoms with E-state index in [9.17, 15) is 9.59 Å². The zero-order valence-electron chi connectivity index (χ0n) is 11.6. The van der Waals surface area contributed by atoms with E-state index in [4.69, 9.17) is 21.1 Å². The summed E-state index contributed by atoms with van der Waals surface area (Å²) in [6.45, 7) is 8.84. The summed E-state index contributed by atoms with van der Waals surface area (Å²) in [5.74, 6) is -0.548. The number of amides is 1. The van der Waals surface area contributed by atoms with Gasteiger partial charge in [0.2, 0.25) is 0 Å². The summed E-state index contributed by atoms with van der Waals surface area (Å²) < 4.78 is 9.91. The molecule has 0 unspecified atom stereocenters. The number of hydrogen-bond acceptors (Lipinski definition) is 4. The maximum absolute atomic E-state index is 11.9. The van der Waals surface area contributed by atoms with Crippen LogP contribution in [0.2, 0.25) is 0 Å². The molecule has 0 saturated carbocycles. The Kier molecular flexibility index (Phi) is 6.46. The van der Waals surface area contributed by atoms with Gasteiger partial charge in [0.15, 0.2) is 6.07 Å². The van der Waals surface area contributed by atoms with E-state index in [1.165, 1.54) is 0 Å². The first-order valence-corrected chi connectivity index (χ1v) is 6.48. The van der Waals surface area contributed by atoms with Crippen molar-refractivity contribution < 1.29 is 19.1 Å².